The number of halogens is 1. The van der Waals surface area contributed by atoms with E-state index in [1.165, 1.54) is 47.8 Å². The topological polar surface area (TPSA) is 38.0 Å². The molecule has 2 aromatic rings. The smallest absolute Gasteiger partial charge is 0.259 e. The van der Waals surface area contributed by atoms with Crippen molar-refractivity contribution in [2.24, 2.45) is 0 Å². The van der Waals surface area contributed by atoms with Crippen molar-refractivity contribution in [3.8, 4) is 0 Å². The number of amides is 1. The van der Waals surface area contributed by atoms with Crippen molar-refractivity contribution >= 4 is 22.2 Å². The minimum absolute atomic E-state index is 0.0923. The molecule has 1 amide bonds. The Bertz CT molecular complexity index is 781. The number of hydrogen-bond donors (Lipinski definition) is 3. The average Bonchev–Trinajstić information content (AvgIpc) is 2.90. The van der Waals surface area contributed by atoms with Crippen LogP contribution in [0.2, 0.25) is 0 Å². The second-order valence-corrected chi connectivity index (χ2v) is 8.28. The van der Waals surface area contributed by atoms with Crippen molar-refractivity contribution in [3.05, 3.63) is 51.7 Å². The van der Waals surface area contributed by atoms with Gasteiger partial charge in [-0.3, -0.25) is 4.79 Å². The fourth-order valence-corrected chi connectivity index (χ4v) is 4.62. The lowest BCUT2D eigenvalue weighted by molar-refractivity contribution is -1.02. The van der Waals surface area contributed by atoms with Crippen LogP contribution in [0.1, 0.15) is 33.3 Å². The van der Waals surface area contributed by atoms with E-state index in [1.807, 2.05) is 0 Å². The zero-order valence-electron chi connectivity index (χ0n) is 15.7. The van der Waals surface area contributed by atoms with E-state index in [-0.39, 0.29) is 11.5 Å². The van der Waals surface area contributed by atoms with Crippen LogP contribution in [-0.4, -0.2) is 38.6 Å². The van der Waals surface area contributed by atoms with Crippen LogP contribution in [0.4, 0.5) is 9.39 Å². The summed E-state index contributed by atoms with van der Waals surface area (Å²) in [7, 11) is 0. The summed E-state index contributed by atoms with van der Waals surface area (Å²) >= 11 is 1.59. The Morgan fingerprint density at radius 2 is 1.81 bits per heavy atom. The molecule has 1 aromatic heterocycles. The van der Waals surface area contributed by atoms with Gasteiger partial charge in [0.2, 0.25) is 0 Å². The van der Waals surface area contributed by atoms with Crippen LogP contribution in [0.3, 0.4) is 0 Å². The minimum atomic E-state index is -0.485. The third-order valence-electron chi connectivity index (χ3n) is 5.45. The summed E-state index contributed by atoms with van der Waals surface area (Å²) in [4.78, 5) is 17.0. The molecule has 1 aromatic carbocycles. The minimum Gasteiger partial charge on any atom is -0.326 e. The third kappa shape index (κ3) is 4.14. The van der Waals surface area contributed by atoms with Crippen molar-refractivity contribution in [1.29, 1.82) is 0 Å². The van der Waals surface area contributed by atoms with Gasteiger partial charge in [0.05, 0.1) is 12.1 Å². The molecule has 1 saturated heterocycles. The van der Waals surface area contributed by atoms with E-state index in [2.05, 4.69) is 26.1 Å². The second kappa shape index (κ2) is 8.29. The van der Waals surface area contributed by atoms with Gasteiger partial charge < -0.3 is 15.1 Å². The molecule has 0 aliphatic carbocycles. The molecule has 4 nitrogen and oxygen atoms in total. The molecule has 3 rings (SSSR count). The van der Waals surface area contributed by atoms with Crippen LogP contribution >= 0.6 is 11.3 Å². The van der Waals surface area contributed by atoms with Crippen molar-refractivity contribution in [1.82, 2.24) is 0 Å². The Labute approximate surface area is 158 Å². The predicted molar refractivity (Wildman–Crippen MR) is 104 cm³/mol. The van der Waals surface area contributed by atoms with Crippen LogP contribution in [0.25, 0.3) is 0 Å². The number of anilines is 1. The summed E-state index contributed by atoms with van der Waals surface area (Å²) in [5.74, 6) is -0.860. The molecule has 3 N–H and O–H groups in total. The van der Waals surface area contributed by atoms with E-state index in [1.54, 1.807) is 33.3 Å². The lowest BCUT2D eigenvalue weighted by atomic mass is 10.1. The Balaban J connectivity index is 1.75. The summed E-state index contributed by atoms with van der Waals surface area (Å²) in [5.41, 5.74) is 2.54. The van der Waals surface area contributed by atoms with Crippen LogP contribution < -0.4 is 15.1 Å². The SMILES string of the molecule is CC[NH+]1CC[NH+](Cc2c(NC(=O)c3ccccc3F)sc(C)c2C)CC1. The van der Waals surface area contributed by atoms with Gasteiger partial charge in [0.15, 0.2) is 0 Å². The summed E-state index contributed by atoms with van der Waals surface area (Å²) in [6.45, 7) is 13.2. The number of carbonyl (C=O) groups excluding carboxylic acids is 1. The molecule has 26 heavy (non-hydrogen) atoms. The molecule has 1 aliphatic rings. The number of piperazine rings is 1. The van der Waals surface area contributed by atoms with Gasteiger partial charge in [-0.25, -0.2) is 4.39 Å². The van der Waals surface area contributed by atoms with Crippen LogP contribution in [0.5, 0.6) is 0 Å². The molecule has 0 atom stereocenters. The maximum atomic E-state index is 13.9. The number of thiophene rings is 1. The lowest BCUT2D eigenvalue weighted by Crippen LogP contribution is -3.27. The number of carbonyl (C=O) groups is 1. The third-order valence-corrected chi connectivity index (χ3v) is 6.61. The number of likely N-dealkylation sites (N-methyl/N-ethyl adjacent to an activating group) is 1. The highest BCUT2D eigenvalue weighted by Crippen LogP contribution is 2.32. The number of rotatable bonds is 5. The molecule has 140 valence electrons. The monoisotopic (exact) mass is 377 g/mol. The van der Waals surface area contributed by atoms with Gasteiger partial charge in [-0.1, -0.05) is 12.1 Å². The second-order valence-electron chi connectivity index (χ2n) is 7.06. The van der Waals surface area contributed by atoms with E-state index in [9.17, 15) is 9.18 Å². The summed E-state index contributed by atoms with van der Waals surface area (Å²) in [6.07, 6.45) is 0. The van der Waals surface area contributed by atoms with E-state index in [0.717, 1.165) is 24.6 Å². The average molecular weight is 378 g/mol. The first-order chi connectivity index (χ1) is 12.5. The molecular weight excluding hydrogens is 349 g/mol. The zero-order chi connectivity index (χ0) is 18.7. The van der Waals surface area contributed by atoms with Crippen LogP contribution in [0.15, 0.2) is 24.3 Å². The van der Waals surface area contributed by atoms with Gasteiger partial charge >= 0.3 is 0 Å². The standard InChI is InChI=1S/C20H26FN3OS/c1-4-23-9-11-24(12-10-23)13-17-14(2)15(3)26-20(17)22-19(25)16-7-5-6-8-18(16)21/h5-8H,4,9-13H2,1-3H3,(H,22,25)/p+2. The van der Waals surface area contributed by atoms with Crippen molar-refractivity contribution in [3.63, 3.8) is 0 Å². The quantitative estimate of drug-likeness (QED) is 0.716. The van der Waals surface area contributed by atoms with Crippen LogP contribution in [0, 0.1) is 19.7 Å². The van der Waals surface area contributed by atoms with Gasteiger partial charge in [-0.2, -0.15) is 0 Å². The molecule has 1 fully saturated rings. The molecule has 2 heterocycles. The number of hydrogen-bond acceptors (Lipinski definition) is 2. The number of benzene rings is 1. The highest BCUT2D eigenvalue weighted by Gasteiger charge is 2.25. The zero-order valence-corrected chi connectivity index (χ0v) is 16.6. The van der Waals surface area contributed by atoms with Gasteiger partial charge in [0, 0.05) is 10.4 Å². The van der Waals surface area contributed by atoms with E-state index >= 15 is 0 Å². The van der Waals surface area contributed by atoms with Gasteiger partial charge in [0.25, 0.3) is 5.91 Å². The summed E-state index contributed by atoms with van der Waals surface area (Å²) in [5, 5.41) is 3.83. The molecule has 1 aliphatic heterocycles. The molecule has 0 spiro atoms. The molecule has 6 heteroatoms. The molecule has 0 radical (unpaired) electrons. The maximum absolute atomic E-state index is 13.9. The van der Waals surface area contributed by atoms with E-state index in [4.69, 9.17) is 0 Å². The highest BCUT2D eigenvalue weighted by atomic mass is 32.1. The molecule has 0 saturated carbocycles. The van der Waals surface area contributed by atoms with Crippen molar-refractivity contribution < 1.29 is 19.0 Å². The van der Waals surface area contributed by atoms with Gasteiger partial charge in [-0.15, -0.1) is 11.3 Å². The van der Waals surface area contributed by atoms with E-state index in [0.29, 0.717) is 0 Å². The molecule has 0 bridgehead atoms. The molecular formula is C20H28FN3OS+2. The normalized spacial score (nSPS) is 20.2. The number of aryl methyl sites for hydroxylation is 1. The van der Waals surface area contributed by atoms with Crippen molar-refractivity contribution in [2.45, 2.75) is 27.3 Å². The lowest BCUT2D eigenvalue weighted by Gasteiger charge is -2.29. The Kier molecular flexibility index (Phi) is 6.06. The van der Waals surface area contributed by atoms with Gasteiger partial charge in [0.1, 0.15) is 43.5 Å². The number of nitrogens with one attached hydrogen (secondary N) is 3. The van der Waals surface area contributed by atoms with E-state index < -0.39 is 5.82 Å². The Morgan fingerprint density at radius 3 is 2.46 bits per heavy atom. The number of quaternary nitrogens is 2. The van der Waals surface area contributed by atoms with Gasteiger partial charge in [-0.05, 0) is 38.5 Å². The van der Waals surface area contributed by atoms with Crippen molar-refractivity contribution in [2.75, 3.05) is 38.0 Å². The first-order valence-electron chi connectivity index (χ1n) is 9.31. The Hall–Kier alpha value is -1.76. The summed E-state index contributed by atoms with van der Waals surface area (Å²) < 4.78 is 13.9. The Morgan fingerprint density at radius 1 is 1.15 bits per heavy atom. The largest absolute Gasteiger partial charge is 0.326 e. The maximum Gasteiger partial charge on any atom is 0.259 e. The first-order valence-corrected chi connectivity index (χ1v) is 10.1. The first kappa shape index (κ1) is 19.0. The predicted octanol–water partition coefficient (Wildman–Crippen LogP) is 1.06. The fourth-order valence-electron chi connectivity index (χ4n) is 3.54. The molecule has 0 unspecified atom stereocenters. The summed E-state index contributed by atoms with van der Waals surface area (Å²) in [6, 6.07) is 6.12. The van der Waals surface area contributed by atoms with Crippen LogP contribution in [-0.2, 0) is 6.54 Å². The fraction of sp³-hybridized carbons (Fsp3) is 0.450. The highest BCUT2D eigenvalue weighted by molar-refractivity contribution is 7.16.